The topological polar surface area (TPSA) is 26.3 Å². The highest BCUT2D eigenvalue weighted by atomic mass is 16.5. The van der Waals surface area contributed by atoms with Crippen LogP contribution in [-0.2, 0) is 9.53 Å². The van der Waals surface area contributed by atoms with Crippen molar-refractivity contribution in [3.05, 3.63) is 0 Å². The van der Waals surface area contributed by atoms with Gasteiger partial charge in [-0.3, -0.25) is 4.79 Å². The highest BCUT2D eigenvalue weighted by molar-refractivity contribution is 5.69. The zero-order valence-electron chi connectivity index (χ0n) is 12.1. The van der Waals surface area contributed by atoms with Crippen molar-refractivity contribution in [3.8, 4) is 0 Å². The molecular formula is C15H30O2. The molecule has 0 saturated heterocycles. The molecule has 2 heteroatoms. The summed E-state index contributed by atoms with van der Waals surface area (Å²) < 4.78 is 5.19. The fourth-order valence-corrected chi connectivity index (χ4v) is 1.85. The maximum Gasteiger partial charge on any atom is 0.306 e. The van der Waals surface area contributed by atoms with E-state index in [4.69, 9.17) is 4.74 Å². The summed E-state index contributed by atoms with van der Waals surface area (Å²) in [5, 5.41) is 0. The number of rotatable bonds is 10. The number of unbranched alkanes of at least 4 members (excludes halogenated alkanes) is 3. The highest BCUT2D eigenvalue weighted by Gasteiger charge is 2.16. The predicted molar refractivity (Wildman–Crippen MR) is 73.0 cm³/mol. The van der Waals surface area contributed by atoms with Crippen LogP contribution in [0.2, 0.25) is 0 Å². The first-order valence-electron chi connectivity index (χ1n) is 7.27. The van der Waals surface area contributed by atoms with Gasteiger partial charge in [0.1, 0.15) is 0 Å². The van der Waals surface area contributed by atoms with Gasteiger partial charge in [0.15, 0.2) is 0 Å². The summed E-state index contributed by atoms with van der Waals surface area (Å²) in [6, 6.07) is 0. The average Bonchev–Trinajstić information content (AvgIpc) is 2.29. The maximum atomic E-state index is 11.5. The quantitative estimate of drug-likeness (QED) is 0.414. The molecule has 0 saturated carbocycles. The molecule has 0 aliphatic heterocycles. The van der Waals surface area contributed by atoms with E-state index >= 15 is 0 Å². The van der Waals surface area contributed by atoms with Gasteiger partial charge in [0.25, 0.3) is 0 Å². The molecule has 17 heavy (non-hydrogen) atoms. The van der Waals surface area contributed by atoms with Gasteiger partial charge in [-0.1, -0.05) is 59.8 Å². The third-order valence-corrected chi connectivity index (χ3v) is 3.48. The second kappa shape index (κ2) is 10.6. The summed E-state index contributed by atoms with van der Waals surface area (Å²) in [5.74, 6) is 1.05. The van der Waals surface area contributed by atoms with Crippen LogP contribution in [-0.4, -0.2) is 12.6 Å². The Morgan fingerprint density at radius 1 is 1.00 bits per heavy atom. The number of carbonyl (C=O) groups is 1. The van der Waals surface area contributed by atoms with Crippen molar-refractivity contribution in [2.45, 2.75) is 72.6 Å². The summed E-state index contributed by atoms with van der Waals surface area (Å²) in [7, 11) is 0. The van der Waals surface area contributed by atoms with Crippen molar-refractivity contribution in [3.63, 3.8) is 0 Å². The first kappa shape index (κ1) is 16.5. The van der Waals surface area contributed by atoms with Crippen LogP contribution in [0.4, 0.5) is 0 Å². The molecule has 0 amide bonds. The lowest BCUT2D eigenvalue weighted by Gasteiger charge is -2.19. The Hall–Kier alpha value is -0.530. The molecule has 0 N–H and O–H groups in total. The van der Waals surface area contributed by atoms with Crippen molar-refractivity contribution < 1.29 is 9.53 Å². The molecule has 2 unspecified atom stereocenters. The van der Waals surface area contributed by atoms with Crippen LogP contribution in [0.15, 0.2) is 0 Å². The van der Waals surface area contributed by atoms with Gasteiger partial charge in [-0.2, -0.15) is 0 Å². The van der Waals surface area contributed by atoms with Crippen LogP contribution in [0.25, 0.3) is 0 Å². The van der Waals surface area contributed by atoms with Crippen molar-refractivity contribution in [2.24, 2.45) is 11.8 Å². The molecule has 2 atom stereocenters. The van der Waals surface area contributed by atoms with E-state index in [1.165, 1.54) is 25.7 Å². The van der Waals surface area contributed by atoms with Crippen LogP contribution < -0.4 is 0 Å². The van der Waals surface area contributed by atoms with Gasteiger partial charge in [0.05, 0.1) is 6.61 Å². The second-order valence-corrected chi connectivity index (χ2v) is 5.23. The molecular weight excluding hydrogens is 212 g/mol. The SMILES string of the molecule is CCCCCC(C)C(C)CC(=O)OCCCC. The molecule has 0 radical (unpaired) electrons. The van der Waals surface area contributed by atoms with E-state index < -0.39 is 0 Å². The van der Waals surface area contributed by atoms with Crippen molar-refractivity contribution in [1.29, 1.82) is 0 Å². The first-order chi connectivity index (χ1) is 8.11. The highest BCUT2D eigenvalue weighted by Crippen LogP contribution is 2.21. The normalized spacial score (nSPS) is 14.4. The monoisotopic (exact) mass is 242 g/mol. The Morgan fingerprint density at radius 2 is 1.65 bits per heavy atom. The van der Waals surface area contributed by atoms with E-state index in [1.54, 1.807) is 0 Å². The lowest BCUT2D eigenvalue weighted by molar-refractivity contribution is -0.145. The summed E-state index contributed by atoms with van der Waals surface area (Å²) in [6.45, 7) is 9.33. The third-order valence-electron chi connectivity index (χ3n) is 3.48. The predicted octanol–water partition coefficient (Wildman–Crippen LogP) is 4.57. The molecule has 0 aliphatic carbocycles. The summed E-state index contributed by atoms with van der Waals surface area (Å²) in [5.41, 5.74) is 0. The van der Waals surface area contributed by atoms with Gasteiger partial charge in [-0.25, -0.2) is 0 Å². The van der Waals surface area contributed by atoms with E-state index in [2.05, 4.69) is 27.7 Å². The average molecular weight is 242 g/mol. The summed E-state index contributed by atoms with van der Waals surface area (Å²) >= 11 is 0. The van der Waals surface area contributed by atoms with Crippen LogP contribution >= 0.6 is 0 Å². The number of hydrogen-bond acceptors (Lipinski definition) is 2. The smallest absolute Gasteiger partial charge is 0.306 e. The Kier molecular flexibility index (Phi) is 10.3. The molecule has 102 valence electrons. The number of carbonyl (C=O) groups excluding carboxylic acids is 1. The minimum absolute atomic E-state index is 0.0201. The lowest BCUT2D eigenvalue weighted by Crippen LogP contribution is -2.15. The molecule has 0 aromatic carbocycles. The molecule has 0 spiro atoms. The molecule has 0 fully saturated rings. The van der Waals surface area contributed by atoms with E-state index in [0.29, 0.717) is 24.9 Å². The Morgan fingerprint density at radius 3 is 2.24 bits per heavy atom. The van der Waals surface area contributed by atoms with Crippen LogP contribution in [0.5, 0.6) is 0 Å². The van der Waals surface area contributed by atoms with Gasteiger partial charge < -0.3 is 4.74 Å². The van der Waals surface area contributed by atoms with E-state index in [-0.39, 0.29) is 5.97 Å². The second-order valence-electron chi connectivity index (χ2n) is 5.23. The largest absolute Gasteiger partial charge is 0.466 e. The molecule has 0 aliphatic rings. The van der Waals surface area contributed by atoms with Gasteiger partial charge in [0.2, 0.25) is 0 Å². The standard InChI is InChI=1S/C15H30O2/c1-5-7-9-10-13(3)14(4)12-15(16)17-11-8-6-2/h13-14H,5-12H2,1-4H3. The molecule has 0 heterocycles. The van der Waals surface area contributed by atoms with Gasteiger partial charge >= 0.3 is 5.97 Å². The lowest BCUT2D eigenvalue weighted by atomic mass is 9.88. The van der Waals surface area contributed by atoms with E-state index in [0.717, 1.165) is 12.8 Å². The van der Waals surface area contributed by atoms with Gasteiger partial charge in [-0.15, -0.1) is 0 Å². The Balaban J connectivity index is 3.66. The fraction of sp³-hybridized carbons (Fsp3) is 0.933. The third kappa shape index (κ3) is 9.20. The molecule has 0 aromatic heterocycles. The van der Waals surface area contributed by atoms with Gasteiger partial charge in [-0.05, 0) is 18.3 Å². The molecule has 2 nitrogen and oxygen atoms in total. The number of esters is 1. The minimum Gasteiger partial charge on any atom is -0.466 e. The van der Waals surface area contributed by atoms with E-state index in [9.17, 15) is 4.79 Å². The van der Waals surface area contributed by atoms with Crippen LogP contribution in [0.3, 0.4) is 0 Å². The minimum atomic E-state index is -0.0201. The fourth-order valence-electron chi connectivity index (χ4n) is 1.85. The molecule has 0 aromatic rings. The number of hydrogen-bond donors (Lipinski definition) is 0. The van der Waals surface area contributed by atoms with Crippen LogP contribution in [0.1, 0.15) is 72.6 Å². The molecule has 0 bridgehead atoms. The van der Waals surface area contributed by atoms with Crippen molar-refractivity contribution >= 4 is 5.97 Å². The van der Waals surface area contributed by atoms with Crippen LogP contribution in [0, 0.1) is 11.8 Å². The Labute approximate surface area is 107 Å². The summed E-state index contributed by atoms with van der Waals surface area (Å²) in [6.07, 6.45) is 7.72. The van der Waals surface area contributed by atoms with Gasteiger partial charge in [0, 0.05) is 6.42 Å². The first-order valence-corrected chi connectivity index (χ1v) is 7.27. The van der Waals surface area contributed by atoms with E-state index in [1.807, 2.05) is 0 Å². The van der Waals surface area contributed by atoms with Crippen molar-refractivity contribution in [1.82, 2.24) is 0 Å². The molecule has 0 rings (SSSR count). The Bertz CT molecular complexity index is 189. The zero-order chi connectivity index (χ0) is 13.1. The summed E-state index contributed by atoms with van der Waals surface area (Å²) in [4.78, 5) is 11.5. The van der Waals surface area contributed by atoms with Crippen molar-refractivity contribution in [2.75, 3.05) is 6.61 Å². The maximum absolute atomic E-state index is 11.5. The number of ether oxygens (including phenoxy) is 1. The zero-order valence-corrected chi connectivity index (χ0v) is 12.1.